The van der Waals surface area contributed by atoms with Crippen LogP contribution in [0.2, 0.25) is 0 Å². The van der Waals surface area contributed by atoms with Crippen LogP contribution in [-0.4, -0.2) is 36.8 Å². The fraction of sp³-hybridized carbons (Fsp3) is 0.286. The third-order valence-electron chi connectivity index (χ3n) is 4.18. The molecule has 0 saturated carbocycles. The van der Waals surface area contributed by atoms with Crippen LogP contribution in [0.15, 0.2) is 36.5 Å². The Bertz CT molecular complexity index is 1010. The van der Waals surface area contributed by atoms with Crippen LogP contribution in [0.25, 0.3) is 11.0 Å². The number of nitrogens with one attached hydrogen (secondary N) is 1. The minimum Gasteiger partial charge on any atom is -0.493 e. The SMILES string of the molecule is CCCOC(=O)c1cnc2nc(C)ccc2c1Nc1ccc(OC)c(OC)c1.Cl. The lowest BCUT2D eigenvalue weighted by Gasteiger charge is -2.15. The van der Waals surface area contributed by atoms with Crippen LogP contribution in [-0.2, 0) is 4.74 Å². The summed E-state index contributed by atoms with van der Waals surface area (Å²) >= 11 is 0. The molecule has 0 spiro atoms. The van der Waals surface area contributed by atoms with Gasteiger partial charge in [-0.3, -0.25) is 0 Å². The molecule has 154 valence electrons. The van der Waals surface area contributed by atoms with Crippen LogP contribution < -0.4 is 14.8 Å². The highest BCUT2D eigenvalue weighted by Gasteiger charge is 2.18. The average Bonchev–Trinajstić information content (AvgIpc) is 2.71. The van der Waals surface area contributed by atoms with E-state index in [0.29, 0.717) is 35.0 Å². The second-order valence-corrected chi connectivity index (χ2v) is 6.20. The van der Waals surface area contributed by atoms with Crippen LogP contribution >= 0.6 is 12.4 Å². The topological polar surface area (TPSA) is 82.6 Å². The Hall–Kier alpha value is -3.06. The van der Waals surface area contributed by atoms with Crippen LogP contribution in [0, 0.1) is 6.92 Å². The fourth-order valence-corrected chi connectivity index (χ4v) is 2.79. The van der Waals surface area contributed by atoms with Gasteiger partial charge in [-0.15, -0.1) is 12.4 Å². The molecule has 0 aliphatic carbocycles. The molecule has 29 heavy (non-hydrogen) atoms. The summed E-state index contributed by atoms with van der Waals surface area (Å²) in [4.78, 5) is 21.4. The van der Waals surface area contributed by atoms with Gasteiger partial charge in [-0.1, -0.05) is 6.92 Å². The van der Waals surface area contributed by atoms with Crippen molar-refractivity contribution in [3.05, 3.63) is 47.8 Å². The Labute approximate surface area is 175 Å². The third-order valence-corrected chi connectivity index (χ3v) is 4.18. The predicted molar refractivity (Wildman–Crippen MR) is 115 cm³/mol. The first kappa shape index (κ1) is 22.2. The van der Waals surface area contributed by atoms with Gasteiger partial charge in [0.2, 0.25) is 0 Å². The molecule has 8 heteroatoms. The quantitative estimate of drug-likeness (QED) is 0.558. The zero-order chi connectivity index (χ0) is 20.1. The van der Waals surface area contributed by atoms with Crippen molar-refractivity contribution in [3.8, 4) is 11.5 Å². The number of anilines is 2. The van der Waals surface area contributed by atoms with Crippen LogP contribution in [0.1, 0.15) is 29.4 Å². The van der Waals surface area contributed by atoms with Crippen molar-refractivity contribution in [2.24, 2.45) is 0 Å². The Morgan fingerprint density at radius 2 is 1.86 bits per heavy atom. The number of rotatable bonds is 7. The van der Waals surface area contributed by atoms with Crippen LogP contribution in [0.5, 0.6) is 11.5 Å². The molecule has 0 unspecified atom stereocenters. The number of esters is 1. The smallest absolute Gasteiger partial charge is 0.341 e. The normalized spacial score (nSPS) is 10.2. The summed E-state index contributed by atoms with van der Waals surface area (Å²) in [5.41, 5.74) is 3.07. The highest BCUT2D eigenvalue weighted by atomic mass is 35.5. The summed E-state index contributed by atoms with van der Waals surface area (Å²) in [6, 6.07) is 9.21. The molecule has 0 radical (unpaired) electrons. The summed E-state index contributed by atoms with van der Waals surface area (Å²) < 4.78 is 16.0. The highest BCUT2D eigenvalue weighted by molar-refractivity contribution is 6.05. The minimum absolute atomic E-state index is 0. The molecule has 1 aromatic carbocycles. The van der Waals surface area contributed by atoms with E-state index in [4.69, 9.17) is 14.2 Å². The van der Waals surface area contributed by atoms with Crippen molar-refractivity contribution in [3.63, 3.8) is 0 Å². The number of methoxy groups -OCH3 is 2. The van der Waals surface area contributed by atoms with Gasteiger partial charge >= 0.3 is 5.97 Å². The van der Waals surface area contributed by atoms with E-state index >= 15 is 0 Å². The van der Waals surface area contributed by atoms with Gasteiger partial charge in [0, 0.05) is 29.0 Å². The van der Waals surface area contributed by atoms with E-state index in [1.165, 1.54) is 6.20 Å². The number of hydrogen-bond donors (Lipinski definition) is 1. The van der Waals surface area contributed by atoms with Gasteiger partial charge in [0.15, 0.2) is 17.1 Å². The van der Waals surface area contributed by atoms with E-state index in [0.717, 1.165) is 23.2 Å². The molecule has 2 aromatic heterocycles. The number of nitrogens with zero attached hydrogens (tertiary/aromatic N) is 2. The molecular weight excluding hydrogens is 394 g/mol. The first-order valence-corrected chi connectivity index (χ1v) is 9.00. The van der Waals surface area contributed by atoms with Crippen LogP contribution in [0.4, 0.5) is 11.4 Å². The molecule has 0 aliphatic rings. The first-order valence-electron chi connectivity index (χ1n) is 9.00. The number of benzene rings is 1. The molecule has 0 bridgehead atoms. The van der Waals surface area contributed by atoms with Crippen molar-refractivity contribution < 1.29 is 19.0 Å². The molecule has 3 aromatic rings. The minimum atomic E-state index is -0.431. The van der Waals surface area contributed by atoms with E-state index in [1.807, 2.05) is 32.0 Å². The lowest BCUT2D eigenvalue weighted by atomic mass is 10.1. The van der Waals surface area contributed by atoms with Crippen LogP contribution in [0.3, 0.4) is 0 Å². The second kappa shape index (κ2) is 9.93. The Morgan fingerprint density at radius 3 is 2.55 bits per heavy atom. The standard InChI is InChI=1S/C21H23N3O4.ClH/c1-5-10-28-21(25)16-12-22-20-15(8-6-13(2)23-20)19(16)24-14-7-9-17(26-3)18(11-14)27-4;/h6-9,11-12H,5,10H2,1-4H3,(H,22,23,24);1H. The number of carbonyl (C=O) groups is 1. The molecular formula is C21H24ClN3O4. The maximum Gasteiger partial charge on any atom is 0.341 e. The van der Waals surface area contributed by atoms with Gasteiger partial charge in [0.25, 0.3) is 0 Å². The zero-order valence-electron chi connectivity index (χ0n) is 16.8. The average molecular weight is 418 g/mol. The van der Waals surface area contributed by atoms with Gasteiger partial charge in [0.05, 0.1) is 26.5 Å². The maximum absolute atomic E-state index is 12.6. The molecule has 1 N–H and O–H groups in total. The van der Waals surface area contributed by atoms with Gasteiger partial charge < -0.3 is 19.5 Å². The van der Waals surface area contributed by atoms with E-state index < -0.39 is 5.97 Å². The van der Waals surface area contributed by atoms with E-state index in [1.54, 1.807) is 26.4 Å². The number of ether oxygens (including phenoxy) is 3. The molecule has 0 amide bonds. The predicted octanol–water partition coefficient (Wildman–Crippen LogP) is 4.69. The summed E-state index contributed by atoms with van der Waals surface area (Å²) in [6.07, 6.45) is 2.24. The first-order chi connectivity index (χ1) is 13.6. The summed E-state index contributed by atoms with van der Waals surface area (Å²) in [5.74, 6) is 0.766. The number of aryl methyl sites for hydroxylation is 1. The van der Waals surface area contributed by atoms with Gasteiger partial charge in [-0.25, -0.2) is 14.8 Å². The molecule has 2 heterocycles. The van der Waals surface area contributed by atoms with Crippen molar-refractivity contribution in [2.75, 3.05) is 26.1 Å². The van der Waals surface area contributed by atoms with Crippen molar-refractivity contribution >= 4 is 40.8 Å². The van der Waals surface area contributed by atoms with Gasteiger partial charge in [-0.05, 0) is 37.6 Å². The summed E-state index contributed by atoms with van der Waals surface area (Å²) in [6.45, 7) is 4.19. The number of pyridine rings is 2. The molecule has 0 atom stereocenters. The number of hydrogen-bond acceptors (Lipinski definition) is 7. The zero-order valence-corrected chi connectivity index (χ0v) is 17.6. The molecule has 0 fully saturated rings. The van der Waals surface area contributed by atoms with E-state index in [-0.39, 0.29) is 12.4 Å². The number of halogens is 1. The van der Waals surface area contributed by atoms with Gasteiger partial charge in [0.1, 0.15) is 5.56 Å². The Morgan fingerprint density at radius 1 is 1.10 bits per heavy atom. The lowest BCUT2D eigenvalue weighted by molar-refractivity contribution is 0.0506. The molecule has 7 nitrogen and oxygen atoms in total. The summed E-state index contributed by atoms with van der Waals surface area (Å²) in [7, 11) is 3.15. The van der Waals surface area contributed by atoms with Gasteiger partial charge in [-0.2, -0.15) is 0 Å². The van der Waals surface area contributed by atoms with Crippen molar-refractivity contribution in [1.29, 1.82) is 0 Å². The van der Waals surface area contributed by atoms with E-state index in [9.17, 15) is 4.79 Å². The highest BCUT2D eigenvalue weighted by Crippen LogP contribution is 2.34. The fourth-order valence-electron chi connectivity index (χ4n) is 2.79. The third kappa shape index (κ3) is 4.86. The number of carbonyl (C=O) groups excluding carboxylic acids is 1. The molecule has 3 rings (SSSR count). The summed E-state index contributed by atoms with van der Waals surface area (Å²) in [5, 5.41) is 4.03. The maximum atomic E-state index is 12.6. The molecule has 0 saturated heterocycles. The van der Waals surface area contributed by atoms with E-state index in [2.05, 4.69) is 15.3 Å². The van der Waals surface area contributed by atoms with Crippen molar-refractivity contribution in [2.45, 2.75) is 20.3 Å². The van der Waals surface area contributed by atoms with Crippen molar-refractivity contribution in [1.82, 2.24) is 9.97 Å². The molecule has 0 aliphatic heterocycles. The Kier molecular flexibility index (Phi) is 7.61. The monoisotopic (exact) mass is 417 g/mol. The number of aromatic nitrogens is 2. The second-order valence-electron chi connectivity index (χ2n) is 6.20. The Balaban J connectivity index is 0.00000300. The largest absolute Gasteiger partial charge is 0.493 e. The lowest BCUT2D eigenvalue weighted by Crippen LogP contribution is -2.10. The number of fused-ring (bicyclic) bond motifs is 1.